The van der Waals surface area contributed by atoms with E-state index in [-0.39, 0.29) is 5.41 Å². The lowest BCUT2D eigenvalue weighted by atomic mass is 9.61. The summed E-state index contributed by atoms with van der Waals surface area (Å²) in [5, 5.41) is 15.1. The third kappa shape index (κ3) is 11.3. The number of ketones is 1. The number of fused-ring (bicyclic) bond motifs is 1. The molecule has 0 aliphatic heterocycles. The predicted octanol–water partition coefficient (Wildman–Crippen LogP) is 9.89. The highest BCUT2D eigenvalue weighted by Crippen LogP contribution is 2.49. The molecule has 1 saturated carbocycles. The second-order valence-electron chi connectivity index (χ2n) is 14.6. The van der Waals surface area contributed by atoms with E-state index in [1.165, 1.54) is 30.4 Å². The minimum atomic E-state index is -0.812. The van der Waals surface area contributed by atoms with Crippen LogP contribution in [0.15, 0.2) is 47.8 Å². The van der Waals surface area contributed by atoms with Crippen LogP contribution in [-0.4, -0.2) is 35.2 Å². The van der Waals surface area contributed by atoms with Gasteiger partial charge in [-0.15, -0.1) is 0 Å². The normalized spacial score (nSPS) is 25.3. The van der Waals surface area contributed by atoms with Gasteiger partial charge in [-0.1, -0.05) is 83.8 Å². The van der Waals surface area contributed by atoms with Gasteiger partial charge in [0.1, 0.15) is 0 Å². The lowest BCUT2D eigenvalue weighted by Gasteiger charge is -2.47. The predicted molar refractivity (Wildman–Crippen MR) is 184 cm³/mol. The summed E-state index contributed by atoms with van der Waals surface area (Å²) in [5.74, 6) is 2.50. The number of allylic oxidation sites excluding steroid dienone is 6. The molecule has 0 amide bonds. The number of nitrogens with one attached hydrogen (secondary N) is 1. The molecule has 0 aromatic carbocycles. The molecule has 246 valence electrons. The molecule has 2 aliphatic carbocycles. The number of hydrogen-bond donors (Lipinski definition) is 2. The smallest absolute Gasteiger partial charge is 0.155 e. The van der Waals surface area contributed by atoms with E-state index < -0.39 is 5.60 Å². The van der Waals surface area contributed by atoms with E-state index in [1.807, 2.05) is 26.0 Å². The molecule has 2 aliphatic rings. The number of rotatable bonds is 17. The van der Waals surface area contributed by atoms with Crippen molar-refractivity contribution >= 4 is 5.78 Å². The van der Waals surface area contributed by atoms with Gasteiger partial charge in [0.15, 0.2) is 5.78 Å². The van der Waals surface area contributed by atoms with Crippen molar-refractivity contribution in [1.82, 2.24) is 5.32 Å². The summed E-state index contributed by atoms with van der Waals surface area (Å²) in [6.07, 6.45) is 25.1. The average Bonchev–Trinajstić information content (AvgIpc) is 3.21. The van der Waals surface area contributed by atoms with Gasteiger partial charge in [-0.05, 0) is 114 Å². The maximum atomic E-state index is 12.3. The van der Waals surface area contributed by atoms with Crippen molar-refractivity contribution in [1.29, 1.82) is 0 Å². The Balaban J connectivity index is 1.98. The topological polar surface area (TPSA) is 58.6 Å². The van der Waals surface area contributed by atoms with E-state index in [2.05, 4.69) is 72.0 Å². The summed E-state index contributed by atoms with van der Waals surface area (Å²) in [6, 6.07) is 0.904. The summed E-state index contributed by atoms with van der Waals surface area (Å²) in [7, 11) is 0. The van der Waals surface area contributed by atoms with E-state index in [0.29, 0.717) is 54.6 Å². The first-order valence-electron chi connectivity index (χ1n) is 17.7. The van der Waals surface area contributed by atoms with Crippen molar-refractivity contribution in [2.75, 3.05) is 6.61 Å². The molecule has 2 rings (SSSR count). The Kier molecular flexibility index (Phi) is 16.0. The van der Waals surface area contributed by atoms with Gasteiger partial charge < -0.3 is 15.2 Å². The van der Waals surface area contributed by atoms with Gasteiger partial charge in [0, 0.05) is 23.9 Å². The number of ether oxygens (including phenoxy) is 1. The van der Waals surface area contributed by atoms with Crippen LogP contribution >= 0.6 is 0 Å². The van der Waals surface area contributed by atoms with Crippen LogP contribution in [0.1, 0.15) is 139 Å². The van der Waals surface area contributed by atoms with Gasteiger partial charge >= 0.3 is 0 Å². The van der Waals surface area contributed by atoms with Crippen molar-refractivity contribution < 1.29 is 14.6 Å². The van der Waals surface area contributed by atoms with E-state index in [4.69, 9.17) is 4.74 Å². The van der Waals surface area contributed by atoms with Crippen molar-refractivity contribution in [2.24, 2.45) is 29.1 Å². The molecule has 2 N–H and O–H groups in total. The molecule has 0 aromatic heterocycles. The van der Waals surface area contributed by atoms with Gasteiger partial charge in [-0.3, -0.25) is 4.79 Å². The zero-order chi connectivity index (χ0) is 32.0. The first-order chi connectivity index (χ1) is 20.4. The summed E-state index contributed by atoms with van der Waals surface area (Å²) in [4.78, 5) is 12.3. The highest BCUT2D eigenvalue weighted by atomic mass is 16.5. The Labute approximate surface area is 265 Å². The van der Waals surface area contributed by atoms with E-state index >= 15 is 0 Å². The monoisotopic (exact) mass is 598 g/mol. The molecular weight excluding hydrogens is 530 g/mol. The second-order valence-corrected chi connectivity index (χ2v) is 14.6. The van der Waals surface area contributed by atoms with Crippen LogP contribution in [0.3, 0.4) is 0 Å². The van der Waals surface area contributed by atoms with Crippen molar-refractivity contribution in [2.45, 2.75) is 157 Å². The molecule has 0 spiro atoms. The van der Waals surface area contributed by atoms with Crippen molar-refractivity contribution in [3.05, 3.63) is 47.8 Å². The number of carbonyl (C=O) groups excluding carboxylic acids is 1. The lowest BCUT2D eigenvalue weighted by Crippen LogP contribution is -2.47. The van der Waals surface area contributed by atoms with Crippen LogP contribution in [0.5, 0.6) is 0 Å². The molecule has 4 nitrogen and oxygen atoms in total. The molecule has 0 heterocycles. The van der Waals surface area contributed by atoms with E-state index in [0.717, 1.165) is 51.4 Å². The maximum Gasteiger partial charge on any atom is 0.155 e. The number of carbonyl (C=O) groups is 1. The van der Waals surface area contributed by atoms with E-state index in [9.17, 15) is 9.90 Å². The highest BCUT2D eigenvalue weighted by Gasteiger charge is 2.45. The fourth-order valence-corrected chi connectivity index (χ4v) is 7.96. The summed E-state index contributed by atoms with van der Waals surface area (Å²) >= 11 is 0. The Bertz CT molecular complexity index is 952. The summed E-state index contributed by atoms with van der Waals surface area (Å²) in [6.45, 7) is 20.3. The Hall–Kier alpha value is -1.65. The Morgan fingerprint density at radius 1 is 1.12 bits per heavy atom. The van der Waals surface area contributed by atoms with Crippen LogP contribution in [0.2, 0.25) is 0 Å². The average molecular weight is 598 g/mol. The SMILES string of the molecule is C/C=C(\CC=C/C=C/OCCC(C)(C(C)CC1CCCC2=CC(=O)CCCC2C1CC)C(C)(C)O)C(CCC)NC(C)C. The first kappa shape index (κ1) is 37.5. The molecule has 1 fully saturated rings. The minimum absolute atomic E-state index is 0.266. The van der Waals surface area contributed by atoms with Crippen molar-refractivity contribution in [3.8, 4) is 0 Å². The number of aliphatic hydroxyl groups is 1. The zero-order valence-electron chi connectivity index (χ0n) is 29.4. The minimum Gasteiger partial charge on any atom is -0.501 e. The van der Waals surface area contributed by atoms with Crippen LogP contribution in [0.25, 0.3) is 0 Å². The largest absolute Gasteiger partial charge is 0.501 e. The molecule has 4 heteroatoms. The highest BCUT2D eigenvalue weighted by molar-refractivity contribution is 5.90. The van der Waals surface area contributed by atoms with Gasteiger partial charge in [0.05, 0.1) is 18.5 Å². The molecule has 0 aromatic rings. The third-order valence-corrected chi connectivity index (χ3v) is 11.0. The van der Waals surface area contributed by atoms with Gasteiger partial charge in [-0.25, -0.2) is 0 Å². The zero-order valence-corrected chi connectivity index (χ0v) is 29.4. The Morgan fingerprint density at radius 2 is 1.84 bits per heavy atom. The molecular formula is C39H67NO3. The Morgan fingerprint density at radius 3 is 2.47 bits per heavy atom. The fourth-order valence-electron chi connectivity index (χ4n) is 7.96. The van der Waals surface area contributed by atoms with Gasteiger partial charge in [0.2, 0.25) is 0 Å². The van der Waals surface area contributed by atoms with Crippen molar-refractivity contribution in [3.63, 3.8) is 0 Å². The summed E-state index contributed by atoms with van der Waals surface area (Å²) in [5.41, 5.74) is 1.79. The van der Waals surface area contributed by atoms with Crippen LogP contribution in [0, 0.1) is 29.1 Å². The van der Waals surface area contributed by atoms with Crippen LogP contribution in [0.4, 0.5) is 0 Å². The molecule has 6 unspecified atom stereocenters. The standard InChI is InChI=1S/C39H67NO3/c1-10-18-37(40-29(4)5)31(11-2)19-14-13-15-25-43-26-24-39(9,38(7,8)42)30(6)27-32-20-16-21-33-28-34(41)22-17-23-36(33)35(32)12-3/h11,13-15,25,28-30,32,35-37,40,42H,10,12,16-24,26-27H2,1-9H3/b14-13?,25-15+,31-11+. The second kappa shape index (κ2) is 18.4. The molecule has 0 saturated heterocycles. The van der Waals surface area contributed by atoms with E-state index in [1.54, 1.807) is 6.26 Å². The lowest BCUT2D eigenvalue weighted by molar-refractivity contribution is -0.114. The van der Waals surface area contributed by atoms with Crippen LogP contribution < -0.4 is 5.32 Å². The molecule has 6 atom stereocenters. The molecule has 0 bridgehead atoms. The van der Waals surface area contributed by atoms with Gasteiger partial charge in [-0.2, -0.15) is 0 Å². The summed E-state index contributed by atoms with van der Waals surface area (Å²) < 4.78 is 5.98. The fraction of sp³-hybridized carbons (Fsp3) is 0.769. The third-order valence-electron chi connectivity index (χ3n) is 11.0. The maximum absolute atomic E-state index is 12.3. The molecule has 43 heavy (non-hydrogen) atoms. The van der Waals surface area contributed by atoms with Crippen LogP contribution in [-0.2, 0) is 9.53 Å². The number of hydrogen-bond acceptors (Lipinski definition) is 4. The quantitative estimate of drug-likeness (QED) is 0.0758. The van der Waals surface area contributed by atoms with Gasteiger partial charge in [0.25, 0.3) is 0 Å². The molecule has 0 radical (unpaired) electrons. The first-order valence-corrected chi connectivity index (χ1v) is 17.7.